The average Bonchev–Trinajstić information content (AvgIpc) is 3.37. The number of amides is 1. The third-order valence-electron chi connectivity index (χ3n) is 4.74. The molecule has 1 N–H and O–H groups in total. The fourth-order valence-corrected chi connectivity index (χ4v) is 4.07. The lowest BCUT2D eigenvalue weighted by atomic mass is 10.00. The van der Waals surface area contributed by atoms with Gasteiger partial charge in [0.2, 0.25) is 0 Å². The number of thiophene rings is 1. The van der Waals surface area contributed by atoms with E-state index in [2.05, 4.69) is 11.4 Å². The van der Waals surface area contributed by atoms with Gasteiger partial charge in [-0.1, -0.05) is 35.9 Å². The summed E-state index contributed by atoms with van der Waals surface area (Å²) in [7, 11) is 0. The number of ether oxygens (including phenoxy) is 1. The van der Waals surface area contributed by atoms with Gasteiger partial charge in [0.25, 0.3) is 5.91 Å². The zero-order chi connectivity index (χ0) is 20.0. The fraction of sp³-hybridized carbons (Fsp3) is 0.318. The third-order valence-corrected chi connectivity index (χ3v) is 5.65. The highest BCUT2D eigenvalue weighted by Gasteiger charge is 2.35. The lowest BCUT2D eigenvalue weighted by Gasteiger charge is -2.21. The summed E-state index contributed by atoms with van der Waals surface area (Å²) in [4.78, 5) is 25.7. The van der Waals surface area contributed by atoms with Crippen LogP contribution in [0.2, 0.25) is 0 Å². The van der Waals surface area contributed by atoms with E-state index < -0.39 is 24.0 Å². The van der Waals surface area contributed by atoms with Crippen molar-refractivity contribution in [3.05, 3.63) is 57.8 Å². The molecule has 2 aromatic rings. The van der Waals surface area contributed by atoms with Crippen molar-refractivity contribution < 1.29 is 14.3 Å². The lowest BCUT2D eigenvalue weighted by Crippen LogP contribution is -2.46. The average molecular weight is 394 g/mol. The number of rotatable bonds is 6. The number of aryl methyl sites for hydroxylation is 1. The molecule has 1 fully saturated rings. The number of hydrogen-bond acceptors (Lipinski definition) is 5. The summed E-state index contributed by atoms with van der Waals surface area (Å²) in [5, 5.41) is 14.0. The highest BCUT2D eigenvalue weighted by Crippen LogP contribution is 2.29. The Kier molecular flexibility index (Phi) is 6.27. The summed E-state index contributed by atoms with van der Waals surface area (Å²) >= 11 is 1.43. The van der Waals surface area contributed by atoms with Gasteiger partial charge in [0.05, 0.1) is 11.6 Å². The highest BCUT2D eigenvalue weighted by atomic mass is 32.1. The zero-order valence-corrected chi connectivity index (χ0v) is 16.6. The molecule has 0 saturated heterocycles. The van der Waals surface area contributed by atoms with Gasteiger partial charge < -0.3 is 10.1 Å². The quantitative estimate of drug-likeness (QED) is 0.591. The number of carbonyl (C=O) groups excluding carboxylic acids is 2. The van der Waals surface area contributed by atoms with Gasteiger partial charge in [-0.05, 0) is 55.7 Å². The molecule has 1 aliphatic rings. The predicted octanol–water partition coefficient (Wildman–Crippen LogP) is 4.09. The Hall–Kier alpha value is -2.91. The van der Waals surface area contributed by atoms with Crippen molar-refractivity contribution >= 4 is 34.9 Å². The predicted molar refractivity (Wildman–Crippen MR) is 109 cm³/mol. The van der Waals surface area contributed by atoms with Crippen LogP contribution < -0.4 is 5.32 Å². The van der Waals surface area contributed by atoms with Crippen LogP contribution >= 0.6 is 11.3 Å². The molecule has 6 heteroatoms. The minimum Gasteiger partial charge on any atom is -0.452 e. The summed E-state index contributed by atoms with van der Waals surface area (Å²) in [5.74, 6) is -1.01. The van der Waals surface area contributed by atoms with Crippen LogP contribution in [0.3, 0.4) is 0 Å². The Morgan fingerprint density at radius 3 is 2.71 bits per heavy atom. The molecular formula is C22H22N2O3S. The summed E-state index contributed by atoms with van der Waals surface area (Å²) < 4.78 is 5.27. The van der Waals surface area contributed by atoms with Gasteiger partial charge in [-0.2, -0.15) is 5.26 Å². The van der Waals surface area contributed by atoms with Gasteiger partial charge in [-0.25, -0.2) is 4.79 Å². The van der Waals surface area contributed by atoms with Crippen LogP contribution in [0.4, 0.5) is 0 Å². The highest BCUT2D eigenvalue weighted by molar-refractivity contribution is 7.11. The summed E-state index contributed by atoms with van der Waals surface area (Å²) in [6, 6.07) is 13.7. The molecule has 0 bridgehead atoms. The maximum absolute atomic E-state index is 12.7. The van der Waals surface area contributed by atoms with Crippen LogP contribution in [0.15, 0.2) is 41.8 Å². The smallest absolute Gasteiger partial charge is 0.340 e. The van der Waals surface area contributed by atoms with Crippen LogP contribution in [-0.2, 0) is 14.3 Å². The van der Waals surface area contributed by atoms with Crippen LogP contribution in [0, 0.1) is 18.3 Å². The van der Waals surface area contributed by atoms with Gasteiger partial charge in [0.1, 0.15) is 5.54 Å². The normalized spacial score (nSPS) is 15.6. The Morgan fingerprint density at radius 1 is 1.29 bits per heavy atom. The van der Waals surface area contributed by atoms with E-state index in [0.717, 1.165) is 28.8 Å². The second-order valence-electron chi connectivity index (χ2n) is 6.97. The Bertz CT molecular complexity index is 920. The molecule has 1 heterocycles. The second kappa shape index (κ2) is 8.85. The number of nitriles is 1. The molecule has 0 radical (unpaired) electrons. The monoisotopic (exact) mass is 394 g/mol. The Labute approximate surface area is 168 Å². The molecule has 1 saturated carbocycles. The first-order valence-corrected chi connectivity index (χ1v) is 10.1. The maximum atomic E-state index is 12.7. The van der Waals surface area contributed by atoms with Crippen molar-refractivity contribution in [2.75, 3.05) is 6.61 Å². The van der Waals surface area contributed by atoms with Crippen molar-refractivity contribution in [1.29, 1.82) is 5.26 Å². The van der Waals surface area contributed by atoms with Crippen molar-refractivity contribution in [3.63, 3.8) is 0 Å². The van der Waals surface area contributed by atoms with Crippen molar-refractivity contribution in [2.45, 2.75) is 38.1 Å². The van der Waals surface area contributed by atoms with E-state index in [0.29, 0.717) is 18.4 Å². The number of benzene rings is 1. The minimum atomic E-state index is -0.822. The van der Waals surface area contributed by atoms with Crippen LogP contribution in [0.25, 0.3) is 11.6 Å². The molecule has 0 spiro atoms. The number of hydrogen-bond donors (Lipinski definition) is 1. The van der Waals surface area contributed by atoms with Crippen LogP contribution in [-0.4, -0.2) is 24.0 Å². The number of carbonyl (C=O) groups is 2. The first kappa shape index (κ1) is 19.8. The third kappa shape index (κ3) is 4.87. The van der Waals surface area contributed by atoms with Crippen LogP contribution in [0.5, 0.6) is 0 Å². The van der Waals surface area contributed by atoms with E-state index >= 15 is 0 Å². The molecule has 1 aromatic heterocycles. The molecule has 28 heavy (non-hydrogen) atoms. The first-order valence-electron chi connectivity index (χ1n) is 9.23. The standard InChI is InChI=1S/C22H22N2O3S/c1-16-6-4-7-17(12-16)13-18(19-8-5-11-28-19)21(26)27-14-20(25)24-22(15-23)9-2-3-10-22/h4-8,11-13H,2-3,9-10,14H2,1H3,(H,24,25)/b18-13+. The molecule has 1 aliphatic carbocycles. The molecule has 1 aromatic carbocycles. The first-order chi connectivity index (χ1) is 13.5. The van der Waals surface area contributed by atoms with Gasteiger partial charge in [-0.3, -0.25) is 4.79 Å². The second-order valence-corrected chi connectivity index (χ2v) is 7.92. The number of esters is 1. The largest absolute Gasteiger partial charge is 0.452 e. The SMILES string of the molecule is Cc1cccc(/C=C(/C(=O)OCC(=O)NC2(C#N)CCCC2)c2cccs2)c1. The van der Waals surface area contributed by atoms with E-state index in [4.69, 9.17) is 4.74 Å². The Balaban J connectivity index is 1.70. The molecular weight excluding hydrogens is 372 g/mol. The van der Waals surface area contributed by atoms with Crippen molar-refractivity contribution in [1.82, 2.24) is 5.32 Å². The van der Waals surface area contributed by atoms with E-state index in [1.54, 1.807) is 6.08 Å². The van der Waals surface area contributed by atoms with E-state index in [1.807, 2.05) is 48.7 Å². The molecule has 0 aliphatic heterocycles. The molecule has 3 rings (SSSR count). The van der Waals surface area contributed by atoms with E-state index in [9.17, 15) is 14.9 Å². The summed E-state index contributed by atoms with van der Waals surface area (Å²) in [5.41, 5.74) is 1.56. The summed E-state index contributed by atoms with van der Waals surface area (Å²) in [6.07, 6.45) is 4.87. The number of nitrogens with zero attached hydrogens (tertiary/aromatic N) is 1. The van der Waals surface area contributed by atoms with Gasteiger partial charge >= 0.3 is 5.97 Å². The van der Waals surface area contributed by atoms with Gasteiger partial charge in [0, 0.05) is 4.88 Å². The molecule has 144 valence electrons. The topological polar surface area (TPSA) is 79.2 Å². The number of nitrogens with one attached hydrogen (secondary N) is 1. The molecule has 0 unspecified atom stereocenters. The zero-order valence-electron chi connectivity index (χ0n) is 15.7. The van der Waals surface area contributed by atoms with Gasteiger partial charge in [0.15, 0.2) is 6.61 Å². The lowest BCUT2D eigenvalue weighted by molar-refractivity contribution is -0.143. The summed E-state index contributed by atoms with van der Waals surface area (Å²) in [6.45, 7) is 1.58. The minimum absolute atomic E-state index is 0.404. The van der Waals surface area contributed by atoms with Crippen molar-refractivity contribution in [3.8, 4) is 6.07 Å². The maximum Gasteiger partial charge on any atom is 0.340 e. The van der Waals surface area contributed by atoms with Gasteiger partial charge in [-0.15, -0.1) is 11.3 Å². The fourth-order valence-electron chi connectivity index (χ4n) is 3.34. The molecule has 0 atom stereocenters. The molecule has 5 nitrogen and oxygen atoms in total. The van der Waals surface area contributed by atoms with E-state index in [1.165, 1.54) is 11.3 Å². The Morgan fingerprint density at radius 2 is 2.07 bits per heavy atom. The van der Waals surface area contributed by atoms with Crippen molar-refractivity contribution in [2.24, 2.45) is 0 Å². The molecule has 1 amide bonds. The van der Waals surface area contributed by atoms with Crippen LogP contribution in [0.1, 0.15) is 41.7 Å². The van der Waals surface area contributed by atoms with E-state index in [-0.39, 0.29) is 0 Å².